The van der Waals surface area contributed by atoms with Crippen LogP contribution >= 0.6 is 0 Å². The number of alkyl halides is 2. The summed E-state index contributed by atoms with van der Waals surface area (Å²) in [5.74, 6) is 0. The number of aromatic nitrogens is 2. The molecule has 0 saturated heterocycles. The molecule has 0 fully saturated rings. The predicted octanol–water partition coefficient (Wildman–Crippen LogP) is 3.90. The van der Waals surface area contributed by atoms with Crippen LogP contribution < -0.4 is 0 Å². The van der Waals surface area contributed by atoms with Crippen LogP contribution in [0.1, 0.15) is 31.5 Å². The maximum Gasteiger partial charge on any atom is 0.280 e. The summed E-state index contributed by atoms with van der Waals surface area (Å²) in [6.45, 7) is 5.75. The van der Waals surface area contributed by atoms with Gasteiger partial charge in [0.15, 0.2) is 0 Å². The average molecular weight is 224 g/mol. The number of hydrogen-bond acceptors (Lipinski definition) is 2. The molecule has 16 heavy (non-hydrogen) atoms. The van der Waals surface area contributed by atoms with Crippen molar-refractivity contribution in [3.05, 3.63) is 35.7 Å². The van der Waals surface area contributed by atoms with Gasteiger partial charge in [-0.1, -0.05) is 13.8 Å². The van der Waals surface area contributed by atoms with E-state index < -0.39 is 6.43 Å². The van der Waals surface area contributed by atoms with Crippen LogP contribution in [0, 0.1) is 6.92 Å². The van der Waals surface area contributed by atoms with E-state index in [-0.39, 0.29) is 5.69 Å². The molecule has 0 unspecified atom stereocenters. The van der Waals surface area contributed by atoms with E-state index in [0.717, 1.165) is 5.56 Å². The minimum Gasteiger partial charge on any atom is -0.254 e. The summed E-state index contributed by atoms with van der Waals surface area (Å²) >= 11 is 0. The molecule has 0 spiro atoms. The van der Waals surface area contributed by atoms with Crippen LogP contribution in [0.25, 0.3) is 11.0 Å². The molecule has 2 aromatic rings. The molecule has 2 rings (SSSR count). The molecule has 0 bridgehead atoms. The molecule has 0 aliphatic carbocycles. The molecule has 2 aromatic heterocycles. The summed E-state index contributed by atoms with van der Waals surface area (Å²) in [5, 5.41) is 0. The van der Waals surface area contributed by atoms with Crippen molar-refractivity contribution in [3.63, 3.8) is 0 Å². The molecule has 0 aliphatic heterocycles. The van der Waals surface area contributed by atoms with Crippen molar-refractivity contribution < 1.29 is 8.78 Å². The molecular formula is C12H14F2N2. The summed E-state index contributed by atoms with van der Waals surface area (Å²) in [6.07, 6.45) is -0.905. The number of aryl methyl sites for hydroxylation is 1. The molecule has 2 nitrogen and oxygen atoms in total. The van der Waals surface area contributed by atoms with Crippen molar-refractivity contribution in [2.24, 2.45) is 0 Å². The van der Waals surface area contributed by atoms with Gasteiger partial charge in [-0.25, -0.2) is 13.8 Å². The molecular weight excluding hydrogens is 210 g/mol. The summed E-state index contributed by atoms with van der Waals surface area (Å²) in [7, 11) is 0. The Bertz CT molecular complexity index is 470. The normalized spacial score (nSPS) is 10.1. The fourth-order valence-corrected chi connectivity index (χ4v) is 1.36. The Morgan fingerprint density at radius 3 is 2.56 bits per heavy atom. The molecule has 0 amide bonds. The van der Waals surface area contributed by atoms with E-state index in [1.165, 1.54) is 6.07 Å². The second-order valence-corrected chi connectivity index (χ2v) is 3.04. The van der Waals surface area contributed by atoms with Gasteiger partial charge in [0.05, 0.1) is 11.0 Å². The van der Waals surface area contributed by atoms with Crippen LogP contribution in [0.4, 0.5) is 8.78 Å². The maximum atomic E-state index is 12.4. The van der Waals surface area contributed by atoms with Gasteiger partial charge in [0.25, 0.3) is 6.43 Å². The molecule has 0 aromatic carbocycles. The SMILES string of the molecule is CC.Cc1cc(C(F)F)nc2cccnc12. The molecule has 0 radical (unpaired) electrons. The van der Waals surface area contributed by atoms with Crippen LogP contribution in [0.15, 0.2) is 24.4 Å². The fraction of sp³-hybridized carbons (Fsp3) is 0.333. The Morgan fingerprint density at radius 1 is 1.25 bits per heavy atom. The van der Waals surface area contributed by atoms with Gasteiger partial charge in [-0.3, -0.25) is 4.98 Å². The highest BCUT2D eigenvalue weighted by Crippen LogP contribution is 2.21. The highest BCUT2D eigenvalue weighted by molar-refractivity contribution is 5.77. The number of rotatable bonds is 1. The van der Waals surface area contributed by atoms with Crippen LogP contribution in [0.5, 0.6) is 0 Å². The zero-order valence-electron chi connectivity index (χ0n) is 9.54. The lowest BCUT2D eigenvalue weighted by atomic mass is 10.2. The Balaban J connectivity index is 0.000000606. The Hall–Kier alpha value is -1.58. The predicted molar refractivity (Wildman–Crippen MR) is 60.6 cm³/mol. The number of nitrogens with zero attached hydrogens (tertiary/aromatic N) is 2. The fourth-order valence-electron chi connectivity index (χ4n) is 1.36. The topological polar surface area (TPSA) is 25.8 Å². The van der Waals surface area contributed by atoms with Crippen LogP contribution in [-0.4, -0.2) is 9.97 Å². The van der Waals surface area contributed by atoms with Crippen molar-refractivity contribution in [2.75, 3.05) is 0 Å². The molecule has 4 heteroatoms. The van der Waals surface area contributed by atoms with Crippen LogP contribution in [0.2, 0.25) is 0 Å². The number of pyridine rings is 2. The van der Waals surface area contributed by atoms with Gasteiger partial charge in [-0.15, -0.1) is 0 Å². The van der Waals surface area contributed by atoms with E-state index in [9.17, 15) is 8.78 Å². The van der Waals surface area contributed by atoms with E-state index in [4.69, 9.17) is 0 Å². The standard InChI is InChI=1S/C10H8F2N2.C2H6/c1-6-5-8(10(11)12)14-7-3-2-4-13-9(6)7;1-2/h2-5,10H,1H3;1-2H3. The summed E-state index contributed by atoms with van der Waals surface area (Å²) < 4.78 is 24.8. The lowest BCUT2D eigenvalue weighted by molar-refractivity contribution is 0.146. The second kappa shape index (κ2) is 5.49. The number of hydrogen-bond donors (Lipinski definition) is 0. The largest absolute Gasteiger partial charge is 0.280 e. The number of fused-ring (bicyclic) bond motifs is 1. The molecule has 86 valence electrons. The monoisotopic (exact) mass is 224 g/mol. The van der Waals surface area contributed by atoms with Gasteiger partial charge in [0.2, 0.25) is 0 Å². The quantitative estimate of drug-likeness (QED) is 0.734. The van der Waals surface area contributed by atoms with Gasteiger partial charge in [-0.05, 0) is 30.7 Å². The third-order valence-electron chi connectivity index (χ3n) is 2.00. The first-order valence-corrected chi connectivity index (χ1v) is 5.19. The van der Waals surface area contributed by atoms with Crippen molar-refractivity contribution >= 4 is 11.0 Å². The number of halogens is 2. The lowest BCUT2D eigenvalue weighted by Crippen LogP contribution is -1.94. The van der Waals surface area contributed by atoms with Gasteiger partial charge in [-0.2, -0.15) is 0 Å². The first-order chi connectivity index (χ1) is 7.68. The second-order valence-electron chi connectivity index (χ2n) is 3.04. The van der Waals surface area contributed by atoms with Gasteiger partial charge >= 0.3 is 0 Å². The van der Waals surface area contributed by atoms with E-state index >= 15 is 0 Å². The van der Waals surface area contributed by atoms with Crippen molar-refractivity contribution in [1.82, 2.24) is 9.97 Å². The first kappa shape index (κ1) is 12.5. The van der Waals surface area contributed by atoms with Gasteiger partial charge < -0.3 is 0 Å². The van der Waals surface area contributed by atoms with E-state index in [1.807, 2.05) is 13.8 Å². The van der Waals surface area contributed by atoms with E-state index in [1.54, 1.807) is 25.3 Å². The molecule has 0 N–H and O–H groups in total. The van der Waals surface area contributed by atoms with E-state index in [0.29, 0.717) is 11.0 Å². The molecule has 0 aliphatic rings. The van der Waals surface area contributed by atoms with Crippen LogP contribution in [0.3, 0.4) is 0 Å². The summed E-state index contributed by atoms with van der Waals surface area (Å²) in [5.41, 5.74) is 1.73. The third-order valence-corrected chi connectivity index (χ3v) is 2.00. The molecule has 2 heterocycles. The van der Waals surface area contributed by atoms with Crippen LogP contribution in [-0.2, 0) is 0 Å². The lowest BCUT2D eigenvalue weighted by Gasteiger charge is -2.03. The zero-order chi connectivity index (χ0) is 12.1. The van der Waals surface area contributed by atoms with Gasteiger partial charge in [0.1, 0.15) is 5.69 Å². The third kappa shape index (κ3) is 2.51. The van der Waals surface area contributed by atoms with Crippen molar-refractivity contribution in [3.8, 4) is 0 Å². The summed E-state index contributed by atoms with van der Waals surface area (Å²) in [6, 6.07) is 4.74. The smallest absolute Gasteiger partial charge is 0.254 e. The summed E-state index contributed by atoms with van der Waals surface area (Å²) in [4.78, 5) is 7.90. The van der Waals surface area contributed by atoms with Gasteiger partial charge in [0, 0.05) is 6.20 Å². The Kier molecular flexibility index (Phi) is 4.28. The minimum absolute atomic E-state index is 0.192. The highest BCUT2D eigenvalue weighted by Gasteiger charge is 2.11. The Labute approximate surface area is 93.3 Å². The minimum atomic E-state index is -2.53. The van der Waals surface area contributed by atoms with E-state index in [2.05, 4.69) is 9.97 Å². The maximum absolute atomic E-state index is 12.4. The van der Waals surface area contributed by atoms with Crippen molar-refractivity contribution in [1.29, 1.82) is 0 Å². The van der Waals surface area contributed by atoms with Crippen molar-refractivity contribution in [2.45, 2.75) is 27.2 Å². The average Bonchev–Trinajstić information content (AvgIpc) is 2.31. The zero-order valence-corrected chi connectivity index (χ0v) is 9.54. The molecule has 0 atom stereocenters. The first-order valence-electron chi connectivity index (χ1n) is 5.19. The highest BCUT2D eigenvalue weighted by atomic mass is 19.3. The Morgan fingerprint density at radius 2 is 1.94 bits per heavy atom. The molecule has 0 saturated carbocycles.